The van der Waals surface area contributed by atoms with Crippen molar-refractivity contribution in [2.75, 3.05) is 6.54 Å². The Morgan fingerprint density at radius 2 is 1.74 bits per heavy atom. The van der Waals surface area contributed by atoms with E-state index in [1.54, 1.807) is 0 Å². The van der Waals surface area contributed by atoms with E-state index in [0.29, 0.717) is 22.9 Å². The summed E-state index contributed by atoms with van der Waals surface area (Å²) < 4.78 is 0. The number of benzene rings is 2. The molecule has 1 saturated heterocycles. The molecule has 0 saturated carbocycles. The van der Waals surface area contributed by atoms with Gasteiger partial charge in [-0.25, -0.2) is 5.01 Å². The lowest BCUT2D eigenvalue weighted by Gasteiger charge is -2.30. The summed E-state index contributed by atoms with van der Waals surface area (Å²) in [6.07, 6.45) is 2.59. The van der Waals surface area contributed by atoms with Crippen molar-refractivity contribution in [3.63, 3.8) is 0 Å². The first kappa shape index (κ1) is 23.3. The lowest BCUT2D eigenvalue weighted by Crippen LogP contribution is -2.52. The number of hydrogen-bond donors (Lipinski definition) is 0. The van der Waals surface area contributed by atoms with Crippen LogP contribution in [0, 0.1) is 22.0 Å². The number of nitrogens with zero attached hydrogens (tertiary/aromatic N) is 3. The molecule has 1 fully saturated rings. The quantitative estimate of drug-likeness (QED) is 0.203. The van der Waals surface area contributed by atoms with Crippen molar-refractivity contribution < 1.29 is 24.1 Å². The van der Waals surface area contributed by atoms with Crippen molar-refractivity contribution in [1.82, 2.24) is 10.0 Å². The Morgan fingerprint density at radius 1 is 1.09 bits per heavy atom. The molecule has 0 bridgehead atoms. The van der Waals surface area contributed by atoms with E-state index in [2.05, 4.69) is 0 Å². The van der Waals surface area contributed by atoms with Gasteiger partial charge in [-0.2, -0.15) is 5.01 Å². The maximum atomic E-state index is 13.5. The predicted octanol–water partition coefficient (Wildman–Crippen LogP) is 3.83. The second-order valence-corrected chi connectivity index (χ2v) is 8.70. The first-order valence-electron chi connectivity index (χ1n) is 10.6. The minimum absolute atomic E-state index is 0.207. The number of halogens is 1. The summed E-state index contributed by atoms with van der Waals surface area (Å²) in [4.78, 5) is 63.9. The van der Waals surface area contributed by atoms with Crippen molar-refractivity contribution in [2.45, 2.75) is 19.8 Å². The molecule has 2 atom stereocenters. The van der Waals surface area contributed by atoms with Gasteiger partial charge in [-0.1, -0.05) is 35.4 Å². The molecule has 0 unspecified atom stereocenters. The van der Waals surface area contributed by atoms with Crippen LogP contribution in [0.5, 0.6) is 0 Å². The van der Waals surface area contributed by atoms with Crippen molar-refractivity contribution >= 4 is 40.8 Å². The number of carbonyl (C=O) groups is 4. The molecule has 3 amide bonds. The van der Waals surface area contributed by atoms with E-state index < -0.39 is 52.5 Å². The van der Waals surface area contributed by atoms with E-state index in [-0.39, 0.29) is 11.1 Å². The van der Waals surface area contributed by atoms with Gasteiger partial charge in [-0.3, -0.25) is 29.3 Å². The van der Waals surface area contributed by atoms with E-state index in [1.165, 1.54) is 42.5 Å². The highest BCUT2D eigenvalue weighted by atomic mass is 35.5. The van der Waals surface area contributed by atoms with Crippen LogP contribution >= 0.6 is 11.6 Å². The molecule has 0 radical (unpaired) electrons. The highest BCUT2D eigenvalue weighted by Gasteiger charge is 2.52. The fraction of sp³-hybridized carbons (Fsp3) is 0.250. The van der Waals surface area contributed by atoms with Gasteiger partial charge in [-0.15, -0.1) is 0 Å². The van der Waals surface area contributed by atoms with Crippen LogP contribution in [0.1, 0.15) is 40.5 Å². The summed E-state index contributed by atoms with van der Waals surface area (Å²) in [5, 5.41) is 13.4. The number of hydrogen-bond acceptors (Lipinski definition) is 6. The van der Waals surface area contributed by atoms with Gasteiger partial charge < -0.3 is 0 Å². The third-order valence-corrected chi connectivity index (χ3v) is 6.32. The Bertz CT molecular complexity index is 1240. The minimum atomic E-state index is -0.986. The summed E-state index contributed by atoms with van der Waals surface area (Å²) >= 11 is 5.88. The molecule has 2 aromatic carbocycles. The summed E-state index contributed by atoms with van der Waals surface area (Å²) in [6.45, 7) is 1.20. The molecule has 2 aromatic rings. The molecule has 4 rings (SSSR count). The monoisotopic (exact) mass is 481 g/mol. The highest BCUT2D eigenvalue weighted by molar-refractivity contribution is 6.30. The molecular weight excluding hydrogens is 462 g/mol. The third-order valence-electron chi connectivity index (χ3n) is 6.07. The van der Waals surface area contributed by atoms with Gasteiger partial charge in [-0.05, 0) is 50.1 Å². The number of allylic oxidation sites excluding steroid dienone is 2. The largest absolute Gasteiger partial charge is 0.292 e. The van der Waals surface area contributed by atoms with Gasteiger partial charge in [0.05, 0.1) is 16.8 Å². The van der Waals surface area contributed by atoms with E-state index in [4.69, 9.17) is 11.6 Å². The molecule has 0 N–H and O–H groups in total. The van der Waals surface area contributed by atoms with Gasteiger partial charge in [0.2, 0.25) is 0 Å². The van der Waals surface area contributed by atoms with E-state index >= 15 is 0 Å². The highest BCUT2D eigenvalue weighted by Crippen LogP contribution is 2.39. The number of carbonyl (C=O) groups excluding carboxylic acids is 4. The zero-order chi connectivity index (χ0) is 24.6. The van der Waals surface area contributed by atoms with Crippen molar-refractivity contribution in [2.24, 2.45) is 11.8 Å². The molecule has 2 aliphatic rings. The number of imide groups is 1. The molecule has 174 valence electrons. The van der Waals surface area contributed by atoms with E-state index in [9.17, 15) is 29.3 Å². The molecule has 1 heterocycles. The van der Waals surface area contributed by atoms with Crippen LogP contribution in [0.25, 0.3) is 0 Å². The normalized spacial score (nSPS) is 19.5. The lowest BCUT2D eigenvalue weighted by molar-refractivity contribution is -0.385. The van der Waals surface area contributed by atoms with Crippen LogP contribution in [0.3, 0.4) is 0 Å². The first-order chi connectivity index (χ1) is 16.2. The third kappa shape index (κ3) is 4.22. The Labute approximate surface area is 199 Å². The topological polar surface area (TPSA) is 118 Å². The number of ketones is 1. The number of hydrazine groups is 1. The van der Waals surface area contributed by atoms with Gasteiger partial charge in [0, 0.05) is 16.7 Å². The van der Waals surface area contributed by atoms with E-state index in [0.717, 1.165) is 16.6 Å². The number of rotatable bonds is 6. The smallest absolute Gasteiger partial charge is 0.282 e. The van der Waals surface area contributed by atoms with Gasteiger partial charge in [0.15, 0.2) is 5.78 Å². The fourth-order valence-electron chi connectivity index (χ4n) is 4.31. The number of nitro benzene ring substituents is 1. The summed E-state index contributed by atoms with van der Waals surface area (Å²) in [5.41, 5.74) is 0.337. The molecule has 9 nitrogen and oxygen atoms in total. The summed E-state index contributed by atoms with van der Waals surface area (Å²) in [7, 11) is 0. The van der Waals surface area contributed by atoms with Gasteiger partial charge >= 0.3 is 0 Å². The average Bonchev–Trinajstić information content (AvgIpc) is 3.06. The van der Waals surface area contributed by atoms with Crippen molar-refractivity contribution in [1.29, 1.82) is 0 Å². The maximum absolute atomic E-state index is 13.5. The lowest BCUT2D eigenvalue weighted by atomic mass is 9.82. The number of fused-ring (bicyclic) bond motifs is 1. The second-order valence-electron chi connectivity index (χ2n) is 8.26. The van der Waals surface area contributed by atoms with Crippen molar-refractivity contribution in [3.8, 4) is 0 Å². The molecule has 10 heteroatoms. The molecule has 1 aliphatic carbocycles. The van der Waals surface area contributed by atoms with Gasteiger partial charge in [0.1, 0.15) is 12.1 Å². The minimum Gasteiger partial charge on any atom is -0.292 e. The SMILES string of the molecule is CC1=CC[C@H]2C(=O)N(N(CC(=O)c3ccc(Cl)cc3)C(=O)c3ccccc3[N+](=O)[O-])C(=O)[C@H]2C1. The summed E-state index contributed by atoms with van der Waals surface area (Å²) in [6, 6.07) is 11.1. The van der Waals surface area contributed by atoms with Crippen LogP contribution in [0.4, 0.5) is 5.69 Å². The Hall–Kier alpha value is -3.85. The van der Waals surface area contributed by atoms with Crippen molar-refractivity contribution in [3.05, 3.63) is 86.4 Å². The standard InChI is InChI=1S/C24H20ClN3O6/c1-14-6-11-17-19(12-14)24(32)27(23(17)31)26(13-21(29)15-7-9-16(25)10-8-15)22(30)18-4-2-3-5-20(18)28(33)34/h2-10,17,19H,11-13H2,1H3/t17-,19+/m1/s1. The van der Waals surface area contributed by atoms with Crippen LogP contribution in [0.2, 0.25) is 5.02 Å². The second kappa shape index (κ2) is 9.18. The molecule has 0 spiro atoms. The summed E-state index contributed by atoms with van der Waals surface area (Å²) in [5.74, 6) is -4.05. The average molecular weight is 482 g/mol. The van der Waals surface area contributed by atoms with Gasteiger partial charge in [0.25, 0.3) is 23.4 Å². The Balaban J connectivity index is 1.74. The van der Waals surface area contributed by atoms with Crippen LogP contribution in [-0.4, -0.2) is 45.0 Å². The van der Waals surface area contributed by atoms with Crippen LogP contribution < -0.4 is 0 Å². The van der Waals surface area contributed by atoms with Crippen LogP contribution in [-0.2, 0) is 9.59 Å². The molecular formula is C24H20ClN3O6. The maximum Gasteiger partial charge on any atom is 0.282 e. The molecule has 0 aromatic heterocycles. The van der Waals surface area contributed by atoms with E-state index in [1.807, 2.05) is 13.0 Å². The molecule has 34 heavy (non-hydrogen) atoms. The number of nitro groups is 1. The number of para-hydroxylation sites is 1. The zero-order valence-electron chi connectivity index (χ0n) is 18.1. The fourth-order valence-corrected chi connectivity index (χ4v) is 4.43. The number of Topliss-reactive ketones (excluding diaryl/α,β-unsaturated/α-hetero) is 1. The molecule has 1 aliphatic heterocycles. The number of amides is 3. The van der Waals surface area contributed by atoms with Crippen LogP contribution in [0.15, 0.2) is 60.2 Å². The predicted molar refractivity (Wildman–Crippen MR) is 122 cm³/mol. The Morgan fingerprint density at radius 3 is 2.41 bits per heavy atom. The first-order valence-corrected chi connectivity index (χ1v) is 10.9. The Kier molecular flexibility index (Phi) is 6.30. The zero-order valence-corrected chi connectivity index (χ0v) is 18.9.